The fourth-order valence-corrected chi connectivity index (χ4v) is 2.91. The van der Waals surface area contributed by atoms with E-state index in [4.69, 9.17) is 11.6 Å². The van der Waals surface area contributed by atoms with Crippen LogP contribution in [0.1, 0.15) is 5.56 Å². The number of hydrazone groups is 1. The standard InChI is InChI=1S/C22H16ClN5/c23-19-13-7-8-16(14-19)15-24-27-22-25-20(17-9-3-1-4-10-17)21(26-28-22)18-11-5-2-6-12-18/h1-15H,(H,25,27,28)/b24-15-. The van der Waals surface area contributed by atoms with Crippen molar-refractivity contribution < 1.29 is 0 Å². The van der Waals surface area contributed by atoms with Gasteiger partial charge in [0.15, 0.2) is 0 Å². The minimum Gasteiger partial charge on any atom is -0.244 e. The minimum atomic E-state index is 0.316. The summed E-state index contributed by atoms with van der Waals surface area (Å²) in [5, 5.41) is 13.4. The van der Waals surface area contributed by atoms with E-state index in [2.05, 4.69) is 25.7 Å². The van der Waals surface area contributed by atoms with Gasteiger partial charge in [-0.15, -0.1) is 10.2 Å². The molecular formula is C22H16ClN5. The van der Waals surface area contributed by atoms with Crippen molar-refractivity contribution in [3.63, 3.8) is 0 Å². The fraction of sp³-hybridized carbons (Fsp3) is 0. The lowest BCUT2D eigenvalue weighted by Crippen LogP contribution is -2.03. The van der Waals surface area contributed by atoms with Gasteiger partial charge in [-0.2, -0.15) is 5.10 Å². The third kappa shape index (κ3) is 4.22. The van der Waals surface area contributed by atoms with Crippen LogP contribution in [0.25, 0.3) is 22.5 Å². The second-order valence-electron chi connectivity index (χ2n) is 5.99. The largest absolute Gasteiger partial charge is 0.263 e. The number of anilines is 1. The van der Waals surface area contributed by atoms with Crippen molar-refractivity contribution in [2.75, 3.05) is 5.43 Å². The Hall–Kier alpha value is -3.57. The highest BCUT2D eigenvalue weighted by molar-refractivity contribution is 6.30. The van der Waals surface area contributed by atoms with E-state index >= 15 is 0 Å². The first-order valence-corrected chi connectivity index (χ1v) is 9.07. The number of aromatic nitrogens is 3. The summed E-state index contributed by atoms with van der Waals surface area (Å²) in [4.78, 5) is 4.64. The summed E-state index contributed by atoms with van der Waals surface area (Å²) >= 11 is 5.99. The van der Waals surface area contributed by atoms with Gasteiger partial charge in [0.2, 0.25) is 0 Å². The minimum absolute atomic E-state index is 0.316. The Morgan fingerprint density at radius 3 is 2.11 bits per heavy atom. The van der Waals surface area contributed by atoms with Crippen LogP contribution < -0.4 is 5.43 Å². The number of rotatable bonds is 5. The Morgan fingerprint density at radius 1 is 0.750 bits per heavy atom. The zero-order valence-corrected chi connectivity index (χ0v) is 15.6. The molecule has 0 aliphatic carbocycles. The normalized spacial score (nSPS) is 10.9. The van der Waals surface area contributed by atoms with Gasteiger partial charge in [0.1, 0.15) is 11.4 Å². The molecule has 4 aromatic rings. The highest BCUT2D eigenvalue weighted by atomic mass is 35.5. The van der Waals surface area contributed by atoms with Crippen LogP contribution >= 0.6 is 11.6 Å². The third-order valence-corrected chi connectivity index (χ3v) is 4.24. The van der Waals surface area contributed by atoms with E-state index < -0.39 is 0 Å². The van der Waals surface area contributed by atoms with E-state index in [1.54, 1.807) is 6.21 Å². The molecule has 28 heavy (non-hydrogen) atoms. The van der Waals surface area contributed by atoms with E-state index in [1.165, 1.54) is 0 Å². The molecule has 3 aromatic carbocycles. The number of hydrogen-bond donors (Lipinski definition) is 1. The number of nitrogens with one attached hydrogen (secondary N) is 1. The lowest BCUT2D eigenvalue weighted by atomic mass is 10.0. The van der Waals surface area contributed by atoms with Crippen LogP contribution in [0.4, 0.5) is 5.95 Å². The number of hydrogen-bond acceptors (Lipinski definition) is 5. The van der Waals surface area contributed by atoms with Crippen LogP contribution in [0.15, 0.2) is 90.0 Å². The molecule has 0 saturated heterocycles. The lowest BCUT2D eigenvalue weighted by Gasteiger charge is -2.09. The Labute approximate surface area is 167 Å². The van der Waals surface area contributed by atoms with E-state index in [-0.39, 0.29) is 0 Å². The van der Waals surface area contributed by atoms with Crippen molar-refractivity contribution in [2.24, 2.45) is 5.10 Å². The highest BCUT2D eigenvalue weighted by Gasteiger charge is 2.13. The van der Waals surface area contributed by atoms with Gasteiger partial charge in [0, 0.05) is 16.1 Å². The van der Waals surface area contributed by atoms with Gasteiger partial charge < -0.3 is 0 Å². The van der Waals surface area contributed by atoms with Gasteiger partial charge in [-0.3, -0.25) is 0 Å². The van der Waals surface area contributed by atoms with Gasteiger partial charge in [0.25, 0.3) is 5.95 Å². The molecule has 0 amide bonds. The zero-order valence-electron chi connectivity index (χ0n) is 14.8. The maximum Gasteiger partial charge on any atom is 0.263 e. The molecule has 1 N–H and O–H groups in total. The summed E-state index contributed by atoms with van der Waals surface area (Å²) in [5.41, 5.74) is 7.08. The molecule has 0 radical (unpaired) electrons. The molecule has 6 heteroatoms. The molecule has 0 fully saturated rings. The molecule has 0 saturated carbocycles. The van der Waals surface area contributed by atoms with Crippen LogP contribution in [0.5, 0.6) is 0 Å². The molecule has 0 bridgehead atoms. The zero-order chi connectivity index (χ0) is 19.2. The maximum atomic E-state index is 5.99. The molecule has 1 heterocycles. The summed E-state index contributed by atoms with van der Waals surface area (Å²) in [6, 6.07) is 27.2. The number of halogens is 1. The highest BCUT2D eigenvalue weighted by Crippen LogP contribution is 2.28. The van der Waals surface area contributed by atoms with E-state index in [0.717, 1.165) is 28.1 Å². The Balaban J connectivity index is 1.66. The number of nitrogens with zero attached hydrogens (tertiary/aromatic N) is 4. The molecular weight excluding hydrogens is 370 g/mol. The monoisotopic (exact) mass is 385 g/mol. The summed E-state index contributed by atoms with van der Waals surface area (Å²) in [6.07, 6.45) is 1.66. The average Bonchev–Trinajstić information content (AvgIpc) is 2.75. The van der Waals surface area contributed by atoms with Crippen LogP contribution in [0.3, 0.4) is 0 Å². The van der Waals surface area contributed by atoms with Crippen LogP contribution in [-0.2, 0) is 0 Å². The van der Waals surface area contributed by atoms with Gasteiger partial charge in [0.05, 0.1) is 6.21 Å². The topological polar surface area (TPSA) is 63.1 Å². The van der Waals surface area contributed by atoms with Crippen molar-refractivity contribution in [3.05, 3.63) is 95.5 Å². The van der Waals surface area contributed by atoms with Gasteiger partial charge in [-0.1, -0.05) is 84.4 Å². The van der Waals surface area contributed by atoms with Crippen LogP contribution in [-0.4, -0.2) is 21.4 Å². The first-order chi connectivity index (χ1) is 13.8. The van der Waals surface area contributed by atoms with Crippen molar-refractivity contribution >= 4 is 23.8 Å². The summed E-state index contributed by atoms with van der Waals surface area (Å²) in [6.45, 7) is 0. The second kappa shape index (κ2) is 8.41. The molecule has 0 unspecified atom stereocenters. The Bertz CT molecular complexity index is 1100. The SMILES string of the molecule is Clc1cccc(/C=N\Nc2nnc(-c3ccccc3)c(-c3ccccc3)n2)c1. The van der Waals surface area contributed by atoms with E-state index in [1.807, 2.05) is 84.9 Å². The van der Waals surface area contributed by atoms with Crippen molar-refractivity contribution in [1.29, 1.82) is 0 Å². The Kier molecular flexibility index (Phi) is 5.36. The van der Waals surface area contributed by atoms with Crippen molar-refractivity contribution in [1.82, 2.24) is 15.2 Å². The second-order valence-corrected chi connectivity index (χ2v) is 6.43. The predicted molar refractivity (Wildman–Crippen MR) is 113 cm³/mol. The quantitative estimate of drug-likeness (QED) is 0.373. The predicted octanol–water partition coefficient (Wildman–Crippen LogP) is 5.31. The van der Waals surface area contributed by atoms with Gasteiger partial charge in [-0.25, -0.2) is 10.4 Å². The van der Waals surface area contributed by atoms with E-state index in [9.17, 15) is 0 Å². The van der Waals surface area contributed by atoms with Crippen LogP contribution in [0, 0.1) is 0 Å². The van der Waals surface area contributed by atoms with Gasteiger partial charge in [-0.05, 0) is 17.7 Å². The molecule has 4 rings (SSSR count). The van der Waals surface area contributed by atoms with E-state index in [0.29, 0.717) is 11.0 Å². The molecule has 0 spiro atoms. The third-order valence-electron chi connectivity index (χ3n) is 4.01. The molecule has 0 aliphatic rings. The average molecular weight is 386 g/mol. The molecule has 0 aliphatic heterocycles. The smallest absolute Gasteiger partial charge is 0.244 e. The maximum absolute atomic E-state index is 5.99. The Morgan fingerprint density at radius 2 is 1.43 bits per heavy atom. The first-order valence-electron chi connectivity index (χ1n) is 8.70. The van der Waals surface area contributed by atoms with Crippen LogP contribution in [0.2, 0.25) is 5.02 Å². The molecule has 1 aromatic heterocycles. The number of benzene rings is 3. The lowest BCUT2D eigenvalue weighted by molar-refractivity contribution is 0.973. The van der Waals surface area contributed by atoms with Crippen molar-refractivity contribution in [2.45, 2.75) is 0 Å². The summed E-state index contributed by atoms with van der Waals surface area (Å²) in [7, 11) is 0. The molecule has 136 valence electrons. The fourth-order valence-electron chi connectivity index (χ4n) is 2.71. The summed E-state index contributed by atoms with van der Waals surface area (Å²) < 4.78 is 0. The first kappa shape index (κ1) is 17.8. The van der Waals surface area contributed by atoms with Gasteiger partial charge >= 0.3 is 0 Å². The molecule has 0 atom stereocenters. The summed E-state index contributed by atoms with van der Waals surface area (Å²) in [5.74, 6) is 0.316. The van der Waals surface area contributed by atoms with Crippen molar-refractivity contribution in [3.8, 4) is 22.5 Å². The molecule has 5 nitrogen and oxygen atoms in total.